The standard InChI is InChI=1S/C61H36S.C51H30/c1-2-13-37(14-3-1)41-30-31-42-36-56(62-55(42)35-41)60-49-20-6-4-18-47(49)57(48-19-5-7-21-50(48)60)40-27-25-38(26-28-40)44-33-43-32-29-39-15-12-24-53-58(39)59(43)54(34-44)61(53)51-22-10-8-16-45(51)46-17-9-11-23-52(46)61;1-3-13-40-35(10-1)28-36-11-2-4-14-41(36)48(40)37-25-23-32-26-34(22-21-33(32)27-37)39-29-38-24-20-31-12-9-19-46-49(31)50(38)47(30-39)51(46)44-17-7-5-15-42(44)43-16-6-8-18-45(43)51/h1-36H;1-30H. The summed E-state index contributed by atoms with van der Waals surface area (Å²) < 4.78 is 1.31. The topological polar surface area (TPSA) is 0 Å². The van der Waals surface area contributed by atoms with E-state index in [1.807, 2.05) is 11.3 Å². The molecule has 0 atom stereocenters. The number of benzene rings is 21. The molecule has 26 rings (SSSR count). The summed E-state index contributed by atoms with van der Waals surface area (Å²) in [5.41, 5.74) is 29.6. The van der Waals surface area contributed by atoms with Crippen molar-refractivity contribution < 1.29 is 0 Å². The van der Waals surface area contributed by atoms with Gasteiger partial charge in [-0.25, -0.2) is 0 Å². The van der Waals surface area contributed by atoms with Gasteiger partial charge in [0.15, 0.2) is 0 Å². The molecule has 0 aliphatic heterocycles. The fraction of sp³-hybridized carbons (Fsp3) is 0.0179. The quantitative estimate of drug-likeness (QED) is 0.115. The number of fused-ring (bicyclic) bond motifs is 20. The molecule has 4 aliphatic rings. The Morgan fingerprint density at radius 1 is 0.159 bits per heavy atom. The van der Waals surface area contributed by atoms with Gasteiger partial charge >= 0.3 is 0 Å². The van der Waals surface area contributed by atoms with E-state index in [4.69, 9.17) is 0 Å². The Morgan fingerprint density at radius 3 is 1.02 bits per heavy atom. The minimum Gasteiger partial charge on any atom is -0.135 e. The lowest BCUT2D eigenvalue weighted by Crippen LogP contribution is -2.26. The fourth-order valence-electron chi connectivity index (χ4n) is 21.4. The second-order valence-electron chi connectivity index (χ2n) is 31.5. The first-order valence-electron chi connectivity index (χ1n) is 39.5. The highest BCUT2D eigenvalue weighted by Crippen LogP contribution is 2.65. The highest BCUT2D eigenvalue weighted by molar-refractivity contribution is 7.22. The summed E-state index contributed by atoms with van der Waals surface area (Å²) in [7, 11) is 0. The lowest BCUT2D eigenvalue weighted by Gasteiger charge is -2.31. The second kappa shape index (κ2) is 23.7. The molecule has 0 saturated carbocycles. The van der Waals surface area contributed by atoms with Crippen LogP contribution in [0.2, 0.25) is 0 Å². The van der Waals surface area contributed by atoms with Crippen LogP contribution in [0.3, 0.4) is 0 Å². The second-order valence-corrected chi connectivity index (χ2v) is 32.6. The van der Waals surface area contributed by atoms with Crippen LogP contribution in [0, 0.1) is 0 Å². The van der Waals surface area contributed by atoms with Crippen molar-refractivity contribution in [2.75, 3.05) is 0 Å². The summed E-state index contributed by atoms with van der Waals surface area (Å²) in [4.78, 5) is 1.30. The van der Waals surface area contributed by atoms with E-state index in [0.717, 1.165) is 0 Å². The van der Waals surface area contributed by atoms with E-state index in [1.165, 1.54) is 240 Å². The third-order valence-corrected chi connectivity index (χ3v) is 27.1. The highest BCUT2D eigenvalue weighted by atomic mass is 32.1. The van der Waals surface area contributed by atoms with Gasteiger partial charge < -0.3 is 0 Å². The monoisotopic (exact) mass is 1440 g/mol. The molecule has 1 heterocycles. The normalized spacial score (nSPS) is 13.5. The van der Waals surface area contributed by atoms with Crippen LogP contribution in [0.1, 0.15) is 44.5 Å². The van der Waals surface area contributed by atoms with Gasteiger partial charge in [-0.2, -0.15) is 0 Å². The van der Waals surface area contributed by atoms with Gasteiger partial charge in [-0.3, -0.25) is 0 Å². The maximum absolute atomic E-state index is 2.52. The maximum Gasteiger partial charge on any atom is 0.0726 e. The number of hydrogen-bond acceptors (Lipinski definition) is 1. The summed E-state index contributed by atoms with van der Waals surface area (Å²) in [5, 5.41) is 24.8. The predicted molar refractivity (Wildman–Crippen MR) is 480 cm³/mol. The van der Waals surface area contributed by atoms with Gasteiger partial charge in [0.1, 0.15) is 0 Å². The minimum atomic E-state index is -0.372. The van der Waals surface area contributed by atoms with Crippen molar-refractivity contribution in [3.8, 4) is 88.3 Å². The van der Waals surface area contributed by atoms with Crippen molar-refractivity contribution in [2.45, 2.75) is 10.8 Å². The molecule has 0 N–H and O–H groups in total. The molecule has 4 aliphatic carbocycles. The zero-order valence-electron chi connectivity index (χ0n) is 61.5. The molecule has 0 nitrogen and oxygen atoms in total. The Morgan fingerprint density at radius 2 is 0.496 bits per heavy atom. The summed E-state index contributed by atoms with van der Waals surface area (Å²) in [6.45, 7) is 0. The van der Waals surface area contributed by atoms with Crippen molar-refractivity contribution in [2.24, 2.45) is 0 Å². The van der Waals surface area contributed by atoms with Gasteiger partial charge in [-0.1, -0.05) is 346 Å². The third-order valence-electron chi connectivity index (χ3n) is 26.0. The molecular weight excluding hydrogens is 1380 g/mol. The first-order chi connectivity index (χ1) is 56.0. The van der Waals surface area contributed by atoms with Crippen LogP contribution in [0.5, 0.6) is 0 Å². The largest absolute Gasteiger partial charge is 0.135 e. The van der Waals surface area contributed by atoms with Gasteiger partial charge in [0.25, 0.3) is 0 Å². The summed E-state index contributed by atoms with van der Waals surface area (Å²) in [6, 6.07) is 151. The Kier molecular flexibility index (Phi) is 13.2. The number of rotatable bonds is 6. The molecule has 113 heavy (non-hydrogen) atoms. The fourth-order valence-corrected chi connectivity index (χ4v) is 22.5. The van der Waals surface area contributed by atoms with Crippen molar-refractivity contribution in [1.82, 2.24) is 0 Å². The van der Waals surface area contributed by atoms with Crippen LogP contribution in [-0.2, 0) is 10.8 Å². The number of hydrogen-bond donors (Lipinski definition) is 0. The van der Waals surface area contributed by atoms with Gasteiger partial charge in [0, 0.05) is 15.1 Å². The molecule has 2 spiro atoms. The summed E-state index contributed by atoms with van der Waals surface area (Å²) in [6.07, 6.45) is 0. The van der Waals surface area contributed by atoms with Gasteiger partial charge in [0.05, 0.1) is 10.8 Å². The molecular formula is C112H66S. The van der Waals surface area contributed by atoms with Gasteiger partial charge in [-0.05, 0) is 279 Å². The average molecular weight is 1440 g/mol. The molecule has 0 bridgehead atoms. The Bertz CT molecular complexity index is 7720. The highest BCUT2D eigenvalue weighted by Gasteiger charge is 2.52. The van der Waals surface area contributed by atoms with E-state index in [0.29, 0.717) is 0 Å². The number of thiophene rings is 1. The molecule has 0 radical (unpaired) electrons. The lowest BCUT2D eigenvalue weighted by molar-refractivity contribution is 0.797. The van der Waals surface area contributed by atoms with Crippen LogP contribution in [0.4, 0.5) is 0 Å². The van der Waals surface area contributed by atoms with E-state index in [2.05, 4.69) is 400 Å². The van der Waals surface area contributed by atoms with E-state index in [1.54, 1.807) is 0 Å². The van der Waals surface area contributed by atoms with Crippen molar-refractivity contribution in [1.29, 1.82) is 0 Å². The van der Waals surface area contributed by atoms with E-state index in [9.17, 15) is 0 Å². The molecule has 22 aromatic rings. The van der Waals surface area contributed by atoms with Crippen LogP contribution < -0.4 is 0 Å². The molecule has 0 saturated heterocycles. The van der Waals surface area contributed by atoms with Crippen LogP contribution in [0.15, 0.2) is 400 Å². The minimum absolute atomic E-state index is 0.350. The van der Waals surface area contributed by atoms with Crippen LogP contribution in [-0.4, -0.2) is 0 Å². The van der Waals surface area contributed by atoms with E-state index in [-0.39, 0.29) is 10.8 Å². The van der Waals surface area contributed by atoms with E-state index < -0.39 is 0 Å². The van der Waals surface area contributed by atoms with Crippen LogP contribution >= 0.6 is 11.3 Å². The van der Waals surface area contributed by atoms with Crippen molar-refractivity contribution in [3.63, 3.8) is 0 Å². The molecule has 0 unspecified atom stereocenters. The first-order valence-corrected chi connectivity index (χ1v) is 40.3. The third kappa shape index (κ3) is 8.75. The molecule has 1 heteroatoms. The first kappa shape index (κ1) is 62.8. The zero-order valence-corrected chi connectivity index (χ0v) is 62.3. The van der Waals surface area contributed by atoms with Crippen LogP contribution in [0.25, 0.3) is 195 Å². The zero-order chi connectivity index (χ0) is 73.8. The summed E-state index contributed by atoms with van der Waals surface area (Å²) >= 11 is 1.90. The molecule has 21 aromatic carbocycles. The Hall–Kier alpha value is -14.1. The van der Waals surface area contributed by atoms with Crippen molar-refractivity contribution in [3.05, 3.63) is 445 Å². The predicted octanol–water partition coefficient (Wildman–Crippen LogP) is 30.3. The van der Waals surface area contributed by atoms with Gasteiger partial charge in [-0.15, -0.1) is 11.3 Å². The Balaban J connectivity index is 0.000000130. The molecule has 520 valence electrons. The maximum atomic E-state index is 2.52. The summed E-state index contributed by atoms with van der Waals surface area (Å²) in [5.74, 6) is 0. The molecule has 0 amide bonds. The lowest BCUT2D eigenvalue weighted by atomic mass is 9.70. The van der Waals surface area contributed by atoms with Crippen molar-refractivity contribution >= 4 is 118 Å². The SMILES string of the molecule is c1ccc(-c2ccc3cc(-c4c5ccccc5c(-c5ccc(-c6cc7c8c(ccc9cccc(c98)C78c7ccccc7-c7ccccc78)c6)cc5)c5ccccc45)sc3c2)cc1.c1ccc2c(c1)-c1ccccc1C21c2cccc3ccc4cc(-c5ccc6cc(-c7c8ccccc8cc8ccccc78)ccc6c5)cc1c4c23. The smallest absolute Gasteiger partial charge is 0.0726 e. The molecule has 1 aromatic heterocycles. The molecule has 0 fully saturated rings. The Labute approximate surface area is 657 Å². The average Bonchev–Trinajstić information content (AvgIpc) is 1.50. The van der Waals surface area contributed by atoms with E-state index >= 15 is 0 Å². The van der Waals surface area contributed by atoms with Gasteiger partial charge in [0.2, 0.25) is 0 Å².